The average molecular weight is 348 g/mol. The molecular weight excluding hydrogens is 328 g/mol. The molecule has 0 amide bonds. The van der Waals surface area contributed by atoms with Crippen LogP contribution in [0.4, 0.5) is 0 Å². The van der Waals surface area contributed by atoms with Crippen LogP contribution in [-0.4, -0.2) is 38.5 Å². The molecule has 2 fully saturated rings. The van der Waals surface area contributed by atoms with Gasteiger partial charge in [-0.1, -0.05) is 0 Å². The Labute approximate surface area is 151 Å². The minimum absolute atomic E-state index is 0.170. The Morgan fingerprint density at radius 1 is 1.00 bits per heavy atom. The number of pyridine rings is 1. The van der Waals surface area contributed by atoms with E-state index in [1.807, 2.05) is 24.3 Å². The van der Waals surface area contributed by atoms with E-state index < -0.39 is 0 Å². The number of hydrogen-bond donors (Lipinski definition) is 2. The number of nitrogens with one attached hydrogen (secondary N) is 1. The van der Waals surface area contributed by atoms with Crippen LogP contribution in [0.25, 0.3) is 22.0 Å². The van der Waals surface area contributed by atoms with Gasteiger partial charge in [-0.3, -0.25) is 4.98 Å². The summed E-state index contributed by atoms with van der Waals surface area (Å²) in [5.41, 5.74) is 1.28. The molecular formula is C20H20N4O2. The lowest BCUT2D eigenvalue weighted by Crippen LogP contribution is -2.42. The molecule has 0 aliphatic carbocycles. The molecule has 6 nitrogen and oxygen atoms in total. The molecule has 2 atom stereocenters. The average Bonchev–Trinajstić information content (AvgIpc) is 3.00. The van der Waals surface area contributed by atoms with Crippen LogP contribution in [0, 0.1) is 0 Å². The zero-order valence-corrected chi connectivity index (χ0v) is 14.3. The second-order valence-corrected chi connectivity index (χ2v) is 7.20. The first-order valence-electron chi connectivity index (χ1n) is 9.08. The van der Waals surface area contributed by atoms with Crippen molar-refractivity contribution in [3.05, 3.63) is 42.7 Å². The van der Waals surface area contributed by atoms with Crippen LogP contribution in [0.2, 0.25) is 0 Å². The molecule has 26 heavy (non-hydrogen) atoms. The third-order valence-electron chi connectivity index (χ3n) is 5.39. The highest BCUT2D eigenvalue weighted by molar-refractivity contribution is 5.89. The molecule has 0 spiro atoms. The predicted octanol–water partition coefficient (Wildman–Crippen LogP) is 3.06. The number of phenols is 1. The number of fused-ring (bicyclic) bond motifs is 3. The lowest BCUT2D eigenvalue weighted by molar-refractivity contribution is 0.130. The first-order chi connectivity index (χ1) is 12.7. The maximum absolute atomic E-state index is 10.3. The van der Waals surface area contributed by atoms with Crippen LogP contribution < -0.4 is 10.1 Å². The fourth-order valence-corrected chi connectivity index (χ4v) is 4.13. The van der Waals surface area contributed by atoms with Gasteiger partial charge in [0.1, 0.15) is 11.9 Å². The highest BCUT2D eigenvalue weighted by Gasteiger charge is 2.34. The summed E-state index contributed by atoms with van der Waals surface area (Å²) in [7, 11) is 0. The number of rotatable bonds is 3. The molecule has 1 aromatic carbocycles. The van der Waals surface area contributed by atoms with Crippen molar-refractivity contribution in [3.8, 4) is 22.9 Å². The van der Waals surface area contributed by atoms with Crippen LogP contribution in [-0.2, 0) is 0 Å². The smallest absolute Gasteiger partial charge is 0.233 e. The molecule has 2 aliphatic rings. The Kier molecular flexibility index (Phi) is 3.71. The summed E-state index contributed by atoms with van der Waals surface area (Å²) in [5, 5.41) is 24.3. The van der Waals surface area contributed by atoms with Crippen LogP contribution in [0.3, 0.4) is 0 Å². The maximum Gasteiger partial charge on any atom is 0.233 e. The van der Waals surface area contributed by atoms with Crippen LogP contribution in [0.5, 0.6) is 11.6 Å². The Morgan fingerprint density at radius 2 is 1.85 bits per heavy atom. The largest absolute Gasteiger partial charge is 0.507 e. The first-order valence-corrected chi connectivity index (χ1v) is 9.08. The van der Waals surface area contributed by atoms with Crippen molar-refractivity contribution >= 4 is 10.8 Å². The van der Waals surface area contributed by atoms with Crippen molar-refractivity contribution in [1.82, 2.24) is 20.5 Å². The second kappa shape index (κ2) is 6.21. The first kappa shape index (κ1) is 15.5. The molecule has 2 bridgehead atoms. The Hall–Kier alpha value is -2.73. The molecule has 2 saturated heterocycles. The van der Waals surface area contributed by atoms with Crippen LogP contribution >= 0.6 is 0 Å². The van der Waals surface area contributed by atoms with Gasteiger partial charge in [-0.2, -0.15) is 0 Å². The van der Waals surface area contributed by atoms with Gasteiger partial charge >= 0.3 is 0 Å². The van der Waals surface area contributed by atoms with E-state index in [0.29, 0.717) is 29.2 Å². The lowest BCUT2D eigenvalue weighted by atomic mass is 10.0. The minimum atomic E-state index is 0.170. The predicted molar refractivity (Wildman–Crippen MR) is 98.0 cm³/mol. The van der Waals surface area contributed by atoms with Crippen molar-refractivity contribution in [2.24, 2.45) is 0 Å². The number of hydrogen-bond acceptors (Lipinski definition) is 6. The Balaban J connectivity index is 1.37. The van der Waals surface area contributed by atoms with Gasteiger partial charge in [0.05, 0.1) is 5.69 Å². The second-order valence-electron chi connectivity index (χ2n) is 7.20. The maximum atomic E-state index is 10.3. The number of aromatic nitrogens is 3. The van der Waals surface area contributed by atoms with E-state index in [4.69, 9.17) is 4.74 Å². The van der Waals surface area contributed by atoms with Gasteiger partial charge in [-0.05, 0) is 55.3 Å². The van der Waals surface area contributed by atoms with E-state index in [9.17, 15) is 5.11 Å². The van der Waals surface area contributed by atoms with E-state index in [0.717, 1.165) is 23.6 Å². The van der Waals surface area contributed by atoms with Gasteiger partial charge in [0, 0.05) is 41.5 Å². The van der Waals surface area contributed by atoms with Crippen LogP contribution in [0.1, 0.15) is 25.7 Å². The molecule has 2 unspecified atom stereocenters. The van der Waals surface area contributed by atoms with Crippen molar-refractivity contribution in [1.29, 1.82) is 0 Å². The summed E-state index contributed by atoms with van der Waals surface area (Å²) in [6.45, 7) is 0. The standard InChI is InChI=1S/C20H20N4O2/c25-19-8-13-11-21-6-5-12(13)7-17(19)18-3-4-20(24-23-18)26-16-9-14-1-2-15(10-16)22-14/h3-8,11,14-16,22,25H,1-2,9-10H2. The molecule has 2 aliphatic heterocycles. The van der Waals surface area contributed by atoms with Crippen molar-refractivity contribution < 1.29 is 9.84 Å². The van der Waals surface area contributed by atoms with E-state index >= 15 is 0 Å². The Bertz CT molecular complexity index is 932. The quantitative estimate of drug-likeness (QED) is 0.757. The lowest BCUT2D eigenvalue weighted by Gasteiger charge is -2.28. The molecule has 2 N–H and O–H groups in total. The van der Waals surface area contributed by atoms with Gasteiger partial charge in [0.2, 0.25) is 5.88 Å². The monoisotopic (exact) mass is 348 g/mol. The molecule has 4 heterocycles. The highest BCUT2D eigenvalue weighted by atomic mass is 16.5. The summed E-state index contributed by atoms with van der Waals surface area (Å²) >= 11 is 0. The topological polar surface area (TPSA) is 80.2 Å². The van der Waals surface area contributed by atoms with Gasteiger partial charge < -0.3 is 15.2 Å². The van der Waals surface area contributed by atoms with Crippen molar-refractivity contribution in [2.45, 2.75) is 43.9 Å². The zero-order chi connectivity index (χ0) is 17.5. The van der Waals surface area contributed by atoms with E-state index in [1.165, 1.54) is 12.8 Å². The molecule has 0 radical (unpaired) electrons. The fraction of sp³-hybridized carbons (Fsp3) is 0.350. The normalized spacial score (nSPS) is 24.7. The molecule has 2 aromatic heterocycles. The fourth-order valence-electron chi connectivity index (χ4n) is 4.13. The van der Waals surface area contributed by atoms with Crippen molar-refractivity contribution in [3.63, 3.8) is 0 Å². The van der Waals surface area contributed by atoms with E-state index in [-0.39, 0.29) is 11.9 Å². The summed E-state index contributed by atoms with van der Waals surface area (Å²) in [4.78, 5) is 4.08. The third-order valence-corrected chi connectivity index (χ3v) is 5.39. The SMILES string of the molecule is Oc1cc2cnccc2cc1-c1ccc(OC2CC3CCC(C2)N3)nn1. The van der Waals surface area contributed by atoms with Crippen molar-refractivity contribution in [2.75, 3.05) is 0 Å². The number of ether oxygens (including phenoxy) is 1. The molecule has 132 valence electrons. The van der Waals surface area contributed by atoms with E-state index in [2.05, 4.69) is 20.5 Å². The number of nitrogens with zero attached hydrogens (tertiary/aromatic N) is 3. The third kappa shape index (κ3) is 2.86. The summed E-state index contributed by atoms with van der Waals surface area (Å²) < 4.78 is 6.04. The van der Waals surface area contributed by atoms with Gasteiger partial charge in [0.25, 0.3) is 0 Å². The van der Waals surface area contributed by atoms with Gasteiger partial charge in [-0.25, -0.2) is 0 Å². The van der Waals surface area contributed by atoms with E-state index in [1.54, 1.807) is 18.5 Å². The minimum Gasteiger partial charge on any atom is -0.507 e. The molecule has 3 aromatic rings. The van der Waals surface area contributed by atoms with Gasteiger partial charge in [0.15, 0.2) is 0 Å². The Morgan fingerprint density at radius 3 is 2.62 bits per heavy atom. The number of piperidine rings is 1. The summed E-state index contributed by atoms with van der Waals surface area (Å²) in [6.07, 6.45) is 8.21. The number of aromatic hydroxyl groups is 1. The number of benzene rings is 1. The molecule has 6 heteroatoms. The van der Waals surface area contributed by atoms with Gasteiger partial charge in [-0.15, -0.1) is 10.2 Å². The summed E-state index contributed by atoms with van der Waals surface area (Å²) in [6, 6.07) is 10.4. The number of phenolic OH excluding ortho intramolecular Hbond substituents is 1. The van der Waals surface area contributed by atoms with Crippen LogP contribution in [0.15, 0.2) is 42.7 Å². The molecule has 5 rings (SSSR count). The molecule has 0 saturated carbocycles. The zero-order valence-electron chi connectivity index (χ0n) is 14.3. The summed E-state index contributed by atoms with van der Waals surface area (Å²) in [5.74, 6) is 0.716. The highest BCUT2D eigenvalue weighted by Crippen LogP contribution is 2.33.